The summed E-state index contributed by atoms with van der Waals surface area (Å²) in [5, 5.41) is 3.26. The van der Waals surface area contributed by atoms with Crippen LogP contribution in [0.3, 0.4) is 0 Å². The summed E-state index contributed by atoms with van der Waals surface area (Å²) in [5.41, 5.74) is 3.23. The lowest BCUT2D eigenvalue weighted by Crippen LogP contribution is -1.96. The van der Waals surface area contributed by atoms with E-state index < -0.39 is 0 Å². The first-order valence-electron chi connectivity index (χ1n) is 7.90. The Morgan fingerprint density at radius 2 is 1.53 bits per heavy atom. The summed E-state index contributed by atoms with van der Waals surface area (Å²) in [6, 6.07) is 9.02. The Morgan fingerprint density at radius 3 is 2.26 bits per heavy atom. The Labute approximate surface area is 120 Å². The van der Waals surface area contributed by atoms with Gasteiger partial charge in [-0.25, -0.2) is 0 Å². The molecule has 1 heteroatoms. The summed E-state index contributed by atoms with van der Waals surface area (Å²) < 4.78 is 0. The van der Waals surface area contributed by atoms with Crippen molar-refractivity contribution < 1.29 is 0 Å². The highest BCUT2D eigenvalue weighted by molar-refractivity contribution is 7.53. The maximum absolute atomic E-state index is 2.33. The van der Waals surface area contributed by atoms with E-state index in [1.807, 2.05) is 0 Å². The largest absolute Gasteiger partial charge is 0.0654 e. The highest BCUT2D eigenvalue weighted by atomic mass is 31.1. The molecule has 1 aliphatic heterocycles. The Kier molecular flexibility index (Phi) is 6.11. The zero-order valence-electron chi connectivity index (χ0n) is 12.4. The second-order valence-electron chi connectivity index (χ2n) is 5.47. The summed E-state index contributed by atoms with van der Waals surface area (Å²) in [5.74, 6) is 0. The number of unbranched alkanes of at least 4 members (excludes halogenated alkanes) is 4. The molecule has 0 aliphatic carbocycles. The fraction of sp³-hybridized carbons (Fsp3) is 0.556. The van der Waals surface area contributed by atoms with Gasteiger partial charge in [-0.3, -0.25) is 0 Å². The quantitative estimate of drug-likeness (QED) is 0.394. The summed E-state index contributed by atoms with van der Waals surface area (Å²) >= 11 is 0. The number of rotatable bonds is 8. The minimum atomic E-state index is 1.29. The van der Waals surface area contributed by atoms with Crippen LogP contribution in [0, 0.1) is 0 Å². The van der Waals surface area contributed by atoms with Crippen LogP contribution in [0.4, 0.5) is 0 Å². The standard InChI is InChI=1S/C18H26P/c1-3-5-7-11-15-16-12-9-10-14-18(16)19-17(15)13-8-6-4-2/h9-10,12,14H,3-8,11,13H2,1-2H3. The fourth-order valence-corrected chi connectivity index (χ4v) is 4.19. The molecule has 0 fully saturated rings. The topological polar surface area (TPSA) is 0 Å². The summed E-state index contributed by atoms with van der Waals surface area (Å²) in [7, 11) is 1.49. The number of benzene rings is 1. The van der Waals surface area contributed by atoms with Gasteiger partial charge in [-0.15, -0.1) is 0 Å². The Hall–Kier alpha value is -0.610. The Balaban J connectivity index is 2.08. The van der Waals surface area contributed by atoms with Crippen molar-refractivity contribution >= 4 is 19.5 Å². The predicted octanol–water partition coefficient (Wildman–Crippen LogP) is 6.14. The molecule has 19 heavy (non-hydrogen) atoms. The molecule has 2 rings (SSSR count). The van der Waals surface area contributed by atoms with E-state index in [0.29, 0.717) is 0 Å². The maximum Gasteiger partial charge on any atom is -0.00741 e. The molecule has 1 aliphatic rings. The highest BCUT2D eigenvalue weighted by Gasteiger charge is 2.20. The van der Waals surface area contributed by atoms with Crippen LogP contribution in [0.25, 0.3) is 5.57 Å². The van der Waals surface area contributed by atoms with Crippen molar-refractivity contribution in [1.82, 2.24) is 0 Å². The van der Waals surface area contributed by atoms with Crippen LogP contribution in [0.1, 0.15) is 70.8 Å². The first-order valence-corrected chi connectivity index (χ1v) is 8.79. The van der Waals surface area contributed by atoms with Gasteiger partial charge in [0.05, 0.1) is 0 Å². The molecular formula is C18H26P. The molecule has 1 radical (unpaired) electrons. The van der Waals surface area contributed by atoms with E-state index in [4.69, 9.17) is 0 Å². The van der Waals surface area contributed by atoms with E-state index in [2.05, 4.69) is 38.1 Å². The summed E-state index contributed by atoms with van der Waals surface area (Å²) in [4.78, 5) is 0. The molecule has 0 aromatic heterocycles. The molecule has 1 heterocycles. The third-order valence-electron chi connectivity index (χ3n) is 3.88. The van der Waals surface area contributed by atoms with Crippen LogP contribution in [-0.2, 0) is 0 Å². The van der Waals surface area contributed by atoms with Gasteiger partial charge in [-0.2, -0.15) is 0 Å². The van der Waals surface area contributed by atoms with Crippen LogP contribution in [-0.4, -0.2) is 0 Å². The average molecular weight is 273 g/mol. The highest BCUT2D eigenvalue weighted by Crippen LogP contribution is 2.44. The van der Waals surface area contributed by atoms with Gasteiger partial charge in [-0.05, 0) is 56.0 Å². The van der Waals surface area contributed by atoms with E-state index in [-0.39, 0.29) is 0 Å². The van der Waals surface area contributed by atoms with Crippen molar-refractivity contribution in [2.75, 3.05) is 0 Å². The second kappa shape index (κ2) is 7.85. The van der Waals surface area contributed by atoms with E-state index in [9.17, 15) is 0 Å². The predicted molar refractivity (Wildman–Crippen MR) is 88.2 cm³/mol. The lowest BCUT2D eigenvalue weighted by molar-refractivity contribution is 0.717. The molecule has 0 amide bonds. The number of allylic oxidation sites excluding steroid dienone is 2. The van der Waals surface area contributed by atoms with Gasteiger partial charge in [0.15, 0.2) is 0 Å². The Bertz CT molecular complexity index is 431. The number of hydrogen-bond donors (Lipinski definition) is 0. The molecule has 0 nitrogen and oxygen atoms in total. The van der Waals surface area contributed by atoms with E-state index >= 15 is 0 Å². The molecule has 103 valence electrons. The zero-order chi connectivity index (χ0) is 13.5. The van der Waals surface area contributed by atoms with Gasteiger partial charge in [-0.1, -0.05) is 63.8 Å². The second-order valence-corrected chi connectivity index (χ2v) is 6.71. The van der Waals surface area contributed by atoms with Crippen molar-refractivity contribution in [3.63, 3.8) is 0 Å². The van der Waals surface area contributed by atoms with E-state index in [0.717, 1.165) is 0 Å². The van der Waals surface area contributed by atoms with Crippen LogP contribution in [0.15, 0.2) is 29.6 Å². The molecule has 1 aromatic carbocycles. The van der Waals surface area contributed by atoms with Gasteiger partial charge in [0, 0.05) is 0 Å². The lowest BCUT2D eigenvalue weighted by atomic mass is 9.98. The van der Waals surface area contributed by atoms with Gasteiger partial charge in [0.25, 0.3) is 0 Å². The van der Waals surface area contributed by atoms with Crippen molar-refractivity contribution in [1.29, 1.82) is 0 Å². The van der Waals surface area contributed by atoms with Gasteiger partial charge in [0.1, 0.15) is 0 Å². The van der Waals surface area contributed by atoms with Crippen LogP contribution in [0.5, 0.6) is 0 Å². The van der Waals surface area contributed by atoms with Crippen molar-refractivity contribution in [2.24, 2.45) is 0 Å². The molecule has 0 N–H and O–H groups in total. The van der Waals surface area contributed by atoms with Crippen LogP contribution >= 0.6 is 8.58 Å². The molecule has 0 unspecified atom stereocenters. The summed E-state index contributed by atoms with van der Waals surface area (Å²) in [6.07, 6.45) is 10.7. The van der Waals surface area contributed by atoms with Crippen molar-refractivity contribution in [3.8, 4) is 0 Å². The third kappa shape index (κ3) is 3.93. The average Bonchev–Trinajstić information content (AvgIpc) is 2.78. The monoisotopic (exact) mass is 273 g/mol. The van der Waals surface area contributed by atoms with Gasteiger partial charge < -0.3 is 0 Å². The maximum atomic E-state index is 2.33. The molecule has 0 saturated heterocycles. The van der Waals surface area contributed by atoms with Crippen LogP contribution < -0.4 is 5.30 Å². The third-order valence-corrected chi connectivity index (χ3v) is 5.27. The molecule has 0 saturated carbocycles. The first-order chi connectivity index (χ1) is 9.36. The fourth-order valence-electron chi connectivity index (χ4n) is 2.77. The van der Waals surface area contributed by atoms with E-state index in [1.54, 1.807) is 21.8 Å². The van der Waals surface area contributed by atoms with Crippen LogP contribution in [0.2, 0.25) is 0 Å². The minimum absolute atomic E-state index is 1.29. The van der Waals surface area contributed by atoms with Gasteiger partial charge >= 0.3 is 0 Å². The van der Waals surface area contributed by atoms with Crippen molar-refractivity contribution in [3.05, 3.63) is 35.1 Å². The number of hydrogen-bond acceptors (Lipinski definition) is 0. The lowest BCUT2D eigenvalue weighted by Gasteiger charge is -2.08. The molecule has 0 spiro atoms. The molecule has 0 bridgehead atoms. The minimum Gasteiger partial charge on any atom is -0.0654 e. The van der Waals surface area contributed by atoms with E-state index in [1.165, 1.54) is 59.9 Å². The molecule has 1 aromatic rings. The SMILES string of the molecule is CCCCCC1=C(CCCCC)c2ccccc2[P]1. The molecular weight excluding hydrogens is 247 g/mol. The smallest absolute Gasteiger partial charge is 0.00741 e. The first kappa shape index (κ1) is 14.8. The number of fused-ring (bicyclic) bond motifs is 1. The van der Waals surface area contributed by atoms with Crippen molar-refractivity contribution in [2.45, 2.75) is 65.2 Å². The summed E-state index contributed by atoms with van der Waals surface area (Å²) in [6.45, 7) is 4.58. The van der Waals surface area contributed by atoms with Gasteiger partial charge in [0.2, 0.25) is 0 Å². The zero-order valence-corrected chi connectivity index (χ0v) is 13.3. The molecule has 0 atom stereocenters. The normalized spacial score (nSPS) is 15.3. The Morgan fingerprint density at radius 1 is 0.842 bits per heavy atom.